The van der Waals surface area contributed by atoms with Crippen molar-refractivity contribution in [1.82, 2.24) is 15.1 Å². The fraction of sp³-hybridized carbons (Fsp3) is 0.167. The molecule has 1 aromatic heterocycles. The van der Waals surface area contributed by atoms with Crippen molar-refractivity contribution >= 4 is 16.8 Å². The number of rotatable bonds is 6. The third kappa shape index (κ3) is 3.76. The molecule has 4 rings (SSSR count). The molecular weight excluding hydrogens is 381 g/mol. The van der Waals surface area contributed by atoms with Crippen LogP contribution in [0.5, 0.6) is 5.75 Å². The van der Waals surface area contributed by atoms with E-state index in [9.17, 15) is 9.18 Å². The first-order valence-corrected chi connectivity index (χ1v) is 9.76. The Labute approximate surface area is 174 Å². The first kappa shape index (κ1) is 19.6. The summed E-state index contributed by atoms with van der Waals surface area (Å²) in [5, 5.41) is 7.97. The molecule has 0 unspecified atom stereocenters. The van der Waals surface area contributed by atoms with Gasteiger partial charge in [-0.2, -0.15) is 5.10 Å². The fourth-order valence-electron chi connectivity index (χ4n) is 3.53. The molecule has 0 aliphatic rings. The average molecular weight is 403 g/mol. The van der Waals surface area contributed by atoms with Crippen molar-refractivity contribution in [3.63, 3.8) is 0 Å². The number of H-pyrrole nitrogens is 1. The van der Waals surface area contributed by atoms with Crippen molar-refractivity contribution < 1.29 is 13.9 Å². The molecule has 0 spiro atoms. The predicted molar refractivity (Wildman–Crippen MR) is 115 cm³/mol. The van der Waals surface area contributed by atoms with Crippen molar-refractivity contribution in [2.75, 3.05) is 13.7 Å². The van der Waals surface area contributed by atoms with Crippen LogP contribution >= 0.6 is 0 Å². The molecule has 0 radical (unpaired) electrons. The van der Waals surface area contributed by atoms with Crippen molar-refractivity contribution in [1.29, 1.82) is 0 Å². The Bertz CT molecular complexity index is 1190. The lowest BCUT2D eigenvalue weighted by molar-refractivity contribution is 0.0780. The number of carbonyl (C=O) groups excluding carboxylic acids is 1. The minimum Gasteiger partial charge on any atom is -0.493 e. The Morgan fingerprint density at radius 3 is 2.70 bits per heavy atom. The Balaban J connectivity index is 1.66. The number of nitrogens with zero attached hydrogens (tertiary/aromatic N) is 2. The van der Waals surface area contributed by atoms with Crippen molar-refractivity contribution in [3.05, 3.63) is 83.8 Å². The van der Waals surface area contributed by atoms with Crippen LogP contribution < -0.4 is 4.74 Å². The molecule has 0 aliphatic heterocycles. The lowest BCUT2D eigenvalue weighted by Gasteiger charge is -2.20. The molecule has 0 fully saturated rings. The number of para-hydroxylation sites is 1. The summed E-state index contributed by atoms with van der Waals surface area (Å²) in [6.07, 6.45) is 1.73. The highest BCUT2D eigenvalue weighted by Gasteiger charge is 2.21. The van der Waals surface area contributed by atoms with E-state index in [0.29, 0.717) is 24.5 Å². The van der Waals surface area contributed by atoms with Crippen LogP contribution in [0.15, 0.2) is 66.9 Å². The van der Waals surface area contributed by atoms with Crippen LogP contribution in [0.1, 0.15) is 22.8 Å². The SMILES string of the molecule is CCOc1cc(C(=O)N(C)Cc2cccc3cn[nH]c23)c(F)cc1-c1ccccc1. The van der Waals surface area contributed by atoms with Gasteiger partial charge in [-0.05, 0) is 30.2 Å². The summed E-state index contributed by atoms with van der Waals surface area (Å²) < 4.78 is 20.7. The van der Waals surface area contributed by atoms with E-state index in [1.165, 1.54) is 17.0 Å². The molecule has 0 bridgehead atoms. The number of amides is 1. The largest absolute Gasteiger partial charge is 0.493 e. The molecule has 1 N–H and O–H groups in total. The van der Waals surface area contributed by atoms with Gasteiger partial charge in [0.05, 0.1) is 23.9 Å². The smallest absolute Gasteiger partial charge is 0.257 e. The molecule has 152 valence electrons. The summed E-state index contributed by atoms with van der Waals surface area (Å²) in [5.74, 6) is -0.504. The van der Waals surface area contributed by atoms with Crippen LogP contribution in [0, 0.1) is 5.82 Å². The molecule has 0 aliphatic carbocycles. The van der Waals surface area contributed by atoms with Crippen LogP contribution in [-0.2, 0) is 6.54 Å². The number of benzene rings is 3. The number of hydrogen-bond donors (Lipinski definition) is 1. The van der Waals surface area contributed by atoms with Gasteiger partial charge in [0.2, 0.25) is 0 Å². The molecular formula is C24H22FN3O2. The van der Waals surface area contributed by atoms with E-state index >= 15 is 0 Å². The summed E-state index contributed by atoms with van der Waals surface area (Å²) in [6.45, 7) is 2.59. The highest BCUT2D eigenvalue weighted by atomic mass is 19.1. The van der Waals surface area contributed by atoms with Gasteiger partial charge in [-0.15, -0.1) is 0 Å². The Morgan fingerprint density at radius 1 is 1.13 bits per heavy atom. The summed E-state index contributed by atoms with van der Waals surface area (Å²) in [4.78, 5) is 14.5. The second-order valence-electron chi connectivity index (χ2n) is 7.04. The standard InChI is InChI=1S/C24H22FN3O2/c1-3-30-22-13-20(21(25)12-19(22)16-8-5-4-6-9-16)24(29)28(2)15-18-11-7-10-17-14-26-27-23(17)18/h4-14H,3,15H2,1-2H3,(H,26,27). The lowest BCUT2D eigenvalue weighted by Crippen LogP contribution is -2.27. The highest BCUT2D eigenvalue weighted by molar-refractivity contribution is 5.96. The molecule has 3 aromatic carbocycles. The number of aromatic amines is 1. The topological polar surface area (TPSA) is 58.2 Å². The molecule has 30 heavy (non-hydrogen) atoms. The van der Waals surface area contributed by atoms with Crippen LogP contribution in [0.2, 0.25) is 0 Å². The quantitative estimate of drug-likeness (QED) is 0.491. The molecule has 1 amide bonds. The second-order valence-corrected chi connectivity index (χ2v) is 7.04. The zero-order valence-corrected chi connectivity index (χ0v) is 16.9. The molecule has 0 atom stereocenters. The van der Waals surface area contributed by atoms with Gasteiger partial charge in [0.1, 0.15) is 11.6 Å². The van der Waals surface area contributed by atoms with Crippen molar-refractivity contribution in [3.8, 4) is 16.9 Å². The van der Waals surface area contributed by atoms with Gasteiger partial charge < -0.3 is 9.64 Å². The maximum atomic E-state index is 15.0. The van der Waals surface area contributed by atoms with E-state index in [1.54, 1.807) is 13.2 Å². The maximum Gasteiger partial charge on any atom is 0.257 e. The number of hydrogen-bond acceptors (Lipinski definition) is 3. The van der Waals surface area contributed by atoms with E-state index in [-0.39, 0.29) is 5.56 Å². The molecule has 0 saturated carbocycles. The Kier molecular flexibility index (Phi) is 5.48. The first-order valence-electron chi connectivity index (χ1n) is 9.76. The van der Waals surface area contributed by atoms with Crippen molar-refractivity contribution in [2.45, 2.75) is 13.5 Å². The van der Waals surface area contributed by atoms with Crippen molar-refractivity contribution in [2.24, 2.45) is 0 Å². The van der Waals surface area contributed by atoms with E-state index in [2.05, 4.69) is 10.2 Å². The monoisotopic (exact) mass is 403 g/mol. The number of halogens is 1. The third-order valence-electron chi connectivity index (χ3n) is 5.00. The first-order chi connectivity index (χ1) is 14.6. The molecule has 4 aromatic rings. The van der Waals surface area contributed by atoms with Crippen LogP contribution in [0.3, 0.4) is 0 Å². The zero-order chi connectivity index (χ0) is 21.1. The summed E-state index contributed by atoms with van der Waals surface area (Å²) in [6, 6.07) is 18.1. The normalized spacial score (nSPS) is 10.9. The number of carbonyl (C=O) groups is 1. The summed E-state index contributed by atoms with van der Waals surface area (Å²) in [5.41, 5.74) is 3.21. The minimum absolute atomic E-state index is 0.0163. The Hall–Kier alpha value is -3.67. The zero-order valence-electron chi connectivity index (χ0n) is 16.9. The minimum atomic E-state index is -0.575. The third-order valence-corrected chi connectivity index (χ3v) is 5.00. The van der Waals surface area contributed by atoms with Crippen LogP contribution in [-0.4, -0.2) is 34.7 Å². The van der Waals surface area contributed by atoms with E-state index in [1.807, 2.05) is 55.5 Å². The van der Waals surface area contributed by atoms with Gasteiger partial charge in [0, 0.05) is 24.5 Å². The highest BCUT2D eigenvalue weighted by Crippen LogP contribution is 2.33. The molecule has 6 heteroatoms. The number of fused-ring (bicyclic) bond motifs is 1. The maximum absolute atomic E-state index is 15.0. The van der Waals surface area contributed by atoms with Gasteiger partial charge in [-0.3, -0.25) is 9.89 Å². The van der Waals surface area contributed by atoms with Gasteiger partial charge in [-0.25, -0.2) is 4.39 Å². The van der Waals surface area contributed by atoms with Crippen LogP contribution in [0.4, 0.5) is 4.39 Å². The number of nitrogens with one attached hydrogen (secondary N) is 1. The van der Waals surface area contributed by atoms with E-state index in [0.717, 1.165) is 22.0 Å². The number of aromatic nitrogens is 2. The molecule has 0 saturated heterocycles. The number of ether oxygens (including phenoxy) is 1. The van der Waals surface area contributed by atoms with E-state index < -0.39 is 11.7 Å². The van der Waals surface area contributed by atoms with Crippen LogP contribution in [0.25, 0.3) is 22.0 Å². The predicted octanol–water partition coefficient (Wildman–Crippen LogP) is 5.04. The van der Waals surface area contributed by atoms with E-state index in [4.69, 9.17) is 4.74 Å². The Morgan fingerprint density at radius 2 is 1.93 bits per heavy atom. The van der Waals surface area contributed by atoms with Gasteiger partial charge in [0.25, 0.3) is 5.91 Å². The second kappa shape index (κ2) is 8.37. The average Bonchev–Trinajstić information content (AvgIpc) is 3.25. The van der Waals surface area contributed by atoms with Gasteiger partial charge in [0.15, 0.2) is 0 Å². The fourth-order valence-corrected chi connectivity index (χ4v) is 3.53. The van der Waals surface area contributed by atoms with Gasteiger partial charge >= 0.3 is 0 Å². The lowest BCUT2D eigenvalue weighted by atomic mass is 10.0. The molecule has 5 nitrogen and oxygen atoms in total. The summed E-state index contributed by atoms with van der Waals surface area (Å²) >= 11 is 0. The van der Waals surface area contributed by atoms with Gasteiger partial charge in [-0.1, -0.05) is 48.5 Å². The summed E-state index contributed by atoms with van der Waals surface area (Å²) in [7, 11) is 1.66. The molecule has 1 heterocycles.